The molecule has 0 spiro atoms. The van der Waals surface area contributed by atoms with Crippen molar-refractivity contribution in [2.75, 3.05) is 6.54 Å². The van der Waals surface area contributed by atoms with Gasteiger partial charge in [-0.2, -0.15) is 0 Å². The highest BCUT2D eigenvalue weighted by molar-refractivity contribution is 5.84. The van der Waals surface area contributed by atoms with Gasteiger partial charge >= 0.3 is 0 Å². The summed E-state index contributed by atoms with van der Waals surface area (Å²) in [6, 6.07) is 0.272. The second kappa shape index (κ2) is 3.29. The topological polar surface area (TPSA) is 46.3 Å². The Labute approximate surface area is 79.3 Å². The summed E-state index contributed by atoms with van der Waals surface area (Å²) in [4.78, 5) is 13.7. The molecule has 1 aliphatic carbocycles. The monoisotopic (exact) mass is 182 g/mol. The van der Waals surface area contributed by atoms with Gasteiger partial charge in [-0.3, -0.25) is 4.79 Å². The Hall–Kier alpha value is -0.570. The minimum absolute atomic E-state index is 0.179. The van der Waals surface area contributed by atoms with Gasteiger partial charge in [-0.15, -0.1) is 0 Å². The van der Waals surface area contributed by atoms with E-state index in [4.69, 9.17) is 5.73 Å². The molecule has 13 heavy (non-hydrogen) atoms. The fourth-order valence-electron chi connectivity index (χ4n) is 2.34. The average molecular weight is 182 g/mol. The highest BCUT2D eigenvalue weighted by Gasteiger charge is 2.40. The van der Waals surface area contributed by atoms with Gasteiger partial charge in [-0.25, -0.2) is 0 Å². The maximum Gasteiger partial charge on any atom is 0.239 e. The first-order valence-corrected chi connectivity index (χ1v) is 5.30. The Morgan fingerprint density at radius 3 is 2.62 bits per heavy atom. The van der Waals surface area contributed by atoms with Gasteiger partial charge in [0.2, 0.25) is 5.91 Å². The minimum Gasteiger partial charge on any atom is -0.338 e. The largest absolute Gasteiger partial charge is 0.338 e. The summed E-state index contributed by atoms with van der Waals surface area (Å²) in [6.45, 7) is 3.05. The molecule has 1 heterocycles. The lowest BCUT2D eigenvalue weighted by Gasteiger charge is -2.26. The number of likely N-dealkylation sites (tertiary alicyclic amines) is 1. The molecular formula is C10H18N2O. The summed E-state index contributed by atoms with van der Waals surface area (Å²) in [5.74, 6) is 0.956. The summed E-state index contributed by atoms with van der Waals surface area (Å²) < 4.78 is 0. The first-order chi connectivity index (χ1) is 6.24. The van der Waals surface area contributed by atoms with Crippen molar-refractivity contribution in [3.8, 4) is 0 Å². The van der Waals surface area contributed by atoms with Crippen LogP contribution in [0.3, 0.4) is 0 Å². The maximum absolute atomic E-state index is 11.6. The Kier molecular flexibility index (Phi) is 2.28. The standard InChI is InChI=1S/C10H18N2O/c1-2-9(7-3-4-7)12-6-5-8(11)10(12)13/h7-9H,2-6,11H2,1H3. The minimum atomic E-state index is -0.215. The molecule has 0 aromatic heterocycles. The van der Waals surface area contributed by atoms with E-state index in [1.165, 1.54) is 12.8 Å². The number of rotatable bonds is 3. The van der Waals surface area contributed by atoms with E-state index in [0.717, 1.165) is 25.3 Å². The molecule has 74 valence electrons. The SMILES string of the molecule is CCC(C1CC1)N1CCC(N)C1=O. The molecule has 1 aliphatic heterocycles. The van der Waals surface area contributed by atoms with Gasteiger partial charge in [0.1, 0.15) is 0 Å². The summed E-state index contributed by atoms with van der Waals surface area (Å²) >= 11 is 0. The van der Waals surface area contributed by atoms with E-state index in [0.29, 0.717) is 6.04 Å². The van der Waals surface area contributed by atoms with E-state index in [1.807, 2.05) is 4.90 Å². The molecule has 1 saturated carbocycles. The van der Waals surface area contributed by atoms with E-state index < -0.39 is 0 Å². The van der Waals surface area contributed by atoms with Gasteiger partial charge < -0.3 is 10.6 Å². The molecule has 3 nitrogen and oxygen atoms in total. The molecule has 1 saturated heterocycles. The fraction of sp³-hybridized carbons (Fsp3) is 0.900. The van der Waals surface area contributed by atoms with Crippen LogP contribution in [0.4, 0.5) is 0 Å². The Bertz CT molecular complexity index is 213. The lowest BCUT2D eigenvalue weighted by Crippen LogP contribution is -2.41. The van der Waals surface area contributed by atoms with Crippen LogP contribution >= 0.6 is 0 Å². The molecule has 2 N–H and O–H groups in total. The van der Waals surface area contributed by atoms with Crippen molar-refractivity contribution >= 4 is 5.91 Å². The maximum atomic E-state index is 11.6. The quantitative estimate of drug-likeness (QED) is 0.699. The van der Waals surface area contributed by atoms with Crippen LogP contribution in [0.15, 0.2) is 0 Å². The van der Waals surface area contributed by atoms with Gasteiger partial charge in [-0.1, -0.05) is 6.92 Å². The Morgan fingerprint density at radius 1 is 1.54 bits per heavy atom. The number of carbonyl (C=O) groups is 1. The van der Waals surface area contributed by atoms with Gasteiger partial charge in [0.05, 0.1) is 6.04 Å². The lowest BCUT2D eigenvalue weighted by molar-refractivity contribution is -0.131. The number of nitrogens with zero attached hydrogens (tertiary/aromatic N) is 1. The van der Waals surface area contributed by atoms with E-state index in [9.17, 15) is 4.79 Å². The number of nitrogens with two attached hydrogens (primary N) is 1. The lowest BCUT2D eigenvalue weighted by atomic mass is 10.1. The number of amides is 1. The predicted molar refractivity (Wildman–Crippen MR) is 51.1 cm³/mol. The van der Waals surface area contributed by atoms with Crippen LogP contribution in [-0.2, 0) is 4.79 Å². The van der Waals surface area contributed by atoms with Crippen molar-refractivity contribution in [2.24, 2.45) is 11.7 Å². The zero-order valence-corrected chi connectivity index (χ0v) is 8.20. The van der Waals surface area contributed by atoms with Crippen molar-refractivity contribution in [3.05, 3.63) is 0 Å². The first-order valence-electron chi connectivity index (χ1n) is 5.30. The number of carbonyl (C=O) groups excluding carboxylic acids is 1. The molecule has 0 aromatic rings. The highest BCUT2D eigenvalue weighted by Crippen LogP contribution is 2.38. The normalized spacial score (nSPS) is 31.1. The van der Waals surface area contributed by atoms with Gasteiger partial charge in [0.25, 0.3) is 0 Å². The summed E-state index contributed by atoms with van der Waals surface area (Å²) in [5, 5.41) is 0. The number of hydrogen-bond acceptors (Lipinski definition) is 2. The smallest absolute Gasteiger partial charge is 0.239 e. The summed E-state index contributed by atoms with van der Waals surface area (Å²) in [6.07, 6.45) is 4.54. The van der Waals surface area contributed by atoms with Crippen molar-refractivity contribution in [2.45, 2.75) is 44.7 Å². The molecule has 1 amide bonds. The van der Waals surface area contributed by atoms with Crippen molar-refractivity contribution in [1.29, 1.82) is 0 Å². The second-order valence-electron chi connectivity index (χ2n) is 4.24. The third-order valence-corrected chi connectivity index (χ3v) is 3.27. The van der Waals surface area contributed by atoms with Crippen LogP contribution < -0.4 is 5.73 Å². The summed E-state index contributed by atoms with van der Waals surface area (Å²) in [7, 11) is 0. The molecule has 2 atom stereocenters. The van der Waals surface area contributed by atoms with Crippen molar-refractivity contribution in [1.82, 2.24) is 4.90 Å². The average Bonchev–Trinajstić information content (AvgIpc) is 2.89. The van der Waals surface area contributed by atoms with Crippen LogP contribution in [0.1, 0.15) is 32.6 Å². The third kappa shape index (κ3) is 1.57. The molecule has 3 heteroatoms. The molecule has 2 aliphatic rings. The van der Waals surface area contributed by atoms with E-state index in [2.05, 4.69) is 6.92 Å². The van der Waals surface area contributed by atoms with E-state index in [-0.39, 0.29) is 11.9 Å². The molecule has 2 fully saturated rings. The van der Waals surface area contributed by atoms with Crippen molar-refractivity contribution < 1.29 is 4.79 Å². The molecule has 0 radical (unpaired) electrons. The van der Waals surface area contributed by atoms with Crippen LogP contribution in [0.5, 0.6) is 0 Å². The van der Waals surface area contributed by atoms with Gasteiger partial charge in [-0.05, 0) is 31.6 Å². The van der Waals surface area contributed by atoms with Crippen LogP contribution in [0, 0.1) is 5.92 Å². The third-order valence-electron chi connectivity index (χ3n) is 3.27. The number of hydrogen-bond donors (Lipinski definition) is 1. The summed E-state index contributed by atoms with van der Waals surface area (Å²) in [5.41, 5.74) is 5.69. The van der Waals surface area contributed by atoms with E-state index >= 15 is 0 Å². The molecular weight excluding hydrogens is 164 g/mol. The zero-order chi connectivity index (χ0) is 9.42. The van der Waals surface area contributed by atoms with Crippen LogP contribution in [0.2, 0.25) is 0 Å². The Balaban J connectivity index is 2.02. The van der Waals surface area contributed by atoms with E-state index in [1.54, 1.807) is 0 Å². The molecule has 0 bridgehead atoms. The zero-order valence-electron chi connectivity index (χ0n) is 8.20. The molecule has 2 unspecified atom stereocenters. The fourth-order valence-corrected chi connectivity index (χ4v) is 2.34. The van der Waals surface area contributed by atoms with Crippen LogP contribution in [0.25, 0.3) is 0 Å². The predicted octanol–water partition coefficient (Wildman–Crippen LogP) is 0.735. The van der Waals surface area contributed by atoms with Crippen LogP contribution in [-0.4, -0.2) is 29.4 Å². The van der Waals surface area contributed by atoms with Crippen molar-refractivity contribution in [3.63, 3.8) is 0 Å². The second-order valence-corrected chi connectivity index (χ2v) is 4.24. The van der Waals surface area contributed by atoms with Gasteiger partial charge in [0.15, 0.2) is 0 Å². The highest BCUT2D eigenvalue weighted by atomic mass is 16.2. The van der Waals surface area contributed by atoms with Gasteiger partial charge in [0, 0.05) is 12.6 Å². The molecule has 0 aromatic carbocycles. The molecule has 2 rings (SSSR count). The first kappa shape index (κ1) is 9.00. The Morgan fingerprint density at radius 2 is 2.23 bits per heavy atom.